The van der Waals surface area contributed by atoms with E-state index in [0.29, 0.717) is 18.3 Å². The van der Waals surface area contributed by atoms with Gasteiger partial charge in [0.25, 0.3) is 0 Å². The highest BCUT2D eigenvalue weighted by Crippen LogP contribution is 2.36. The molecule has 0 bridgehead atoms. The lowest BCUT2D eigenvalue weighted by atomic mass is 9.84. The molecule has 2 nitrogen and oxygen atoms in total. The van der Waals surface area contributed by atoms with E-state index < -0.39 is 0 Å². The Bertz CT molecular complexity index is 205. The number of Topliss-reactive ketones (excluding diaryl/α,β-unsaturated/α-hetero) is 1. The molecule has 1 aliphatic heterocycles. The van der Waals surface area contributed by atoms with Crippen molar-refractivity contribution >= 4 is 13.6 Å². The lowest BCUT2D eigenvalue weighted by molar-refractivity contribution is -0.120. The van der Waals surface area contributed by atoms with Crippen LogP contribution in [0.3, 0.4) is 0 Å². The number of ketones is 1. The third kappa shape index (κ3) is 2.57. The van der Waals surface area contributed by atoms with Crippen LogP contribution < -0.4 is 0 Å². The van der Waals surface area contributed by atoms with Crippen LogP contribution in [-0.2, 0) is 9.53 Å². The predicted molar refractivity (Wildman–Crippen MR) is 55.5 cm³/mol. The molecule has 3 heteroatoms. The number of hydrogen-bond acceptors (Lipinski definition) is 2. The lowest BCUT2D eigenvalue weighted by Gasteiger charge is -2.31. The summed E-state index contributed by atoms with van der Waals surface area (Å²) in [6.45, 7) is 5.89. The van der Waals surface area contributed by atoms with E-state index in [0.717, 1.165) is 12.8 Å². The second kappa shape index (κ2) is 3.83. The van der Waals surface area contributed by atoms with Crippen molar-refractivity contribution in [1.82, 2.24) is 0 Å². The van der Waals surface area contributed by atoms with Crippen molar-refractivity contribution in [2.45, 2.75) is 51.6 Å². The third-order valence-electron chi connectivity index (χ3n) is 3.15. The Hall–Kier alpha value is -0.305. The molecule has 0 N–H and O–H groups in total. The molecule has 13 heavy (non-hydrogen) atoms. The monoisotopic (exact) mass is 182 g/mol. The van der Waals surface area contributed by atoms with Gasteiger partial charge >= 0.3 is 0 Å². The van der Waals surface area contributed by atoms with E-state index in [2.05, 4.69) is 21.7 Å². The molecule has 3 atom stereocenters. The summed E-state index contributed by atoms with van der Waals surface area (Å²) in [5, 5.41) is 0. The number of carbonyl (C=O) groups is 1. The fourth-order valence-electron chi connectivity index (χ4n) is 2.08. The molecule has 1 aliphatic rings. The minimum atomic E-state index is -0.0644. The van der Waals surface area contributed by atoms with E-state index in [1.807, 2.05) is 0 Å². The first-order valence-corrected chi connectivity index (χ1v) is 5.11. The van der Waals surface area contributed by atoms with Gasteiger partial charge in [-0.15, -0.1) is 0 Å². The first-order chi connectivity index (χ1) is 5.94. The zero-order valence-corrected chi connectivity index (χ0v) is 9.09. The molecule has 1 fully saturated rings. The van der Waals surface area contributed by atoms with Crippen molar-refractivity contribution in [1.29, 1.82) is 0 Å². The number of carbonyl (C=O) groups excluding carboxylic acids is 1. The molecule has 0 radical (unpaired) electrons. The average Bonchev–Trinajstić information content (AvgIpc) is 2.31. The van der Waals surface area contributed by atoms with Crippen LogP contribution in [0.1, 0.15) is 40.0 Å². The van der Waals surface area contributed by atoms with E-state index in [9.17, 15) is 4.79 Å². The second-order valence-corrected chi connectivity index (χ2v) is 4.59. The summed E-state index contributed by atoms with van der Waals surface area (Å²) < 4.78 is 5.86. The molecule has 0 saturated carbocycles. The molecular weight excluding hydrogens is 163 g/mol. The topological polar surface area (TPSA) is 26.3 Å². The lowest BCUT2D eigenvalue weighted by Crippen LogP contribution is -2.34. The van der Waals surface area contributed by atoms with Crippen molar-refractivity contribution in [2.75, 3.05) is 0 Å². The van der Waals surface area contributed by atoms with E-state index in [-0.39, 0.29) is 11.4 Å². The molecule has 1 unspecified atom stereocenters. The highest BCUT2D eigenvalue weighted by Gasteiger charge is 2.38. The maximum atomic E-state index is 11.0. The van der Waals surface area contributed by atoms with Gasteiger partial charge in [-0.25, -0.2) is 0 Å². The van der Waals surface area contributed by atoms with Gasteiger partial charge in [-0.3, -0.25) is 0 Å². The van der Waals surface area contributed by atoms with Gasteiger partial charge in [0.15, 0.2) is 0 Å². The number of hydrogen-bond donors (Lipinski definition) is 0. The van der Waals surface area contributed by atoms with Crippen LogP contribution in [0, 0.1) is 5.92 Å². The summed E-state index contributed by atoms with van der Waals surface area (Å²) >= 11 is 0. The summed E-state index contributed by atoms with van der Waals surface area (Å²) in [6, 6.07) is 0.361. The van der Waals surface area contributed by atoms with Crippen LogP contribution in [0.15, 0.2) is 0 Å². The molecule has 0 aromatic rings. The molecule has 0 aromatic carbocycles. The summed E-state index contributed by atoms with van der Waals surface area (Å²) in [7, 11) is 2.10. The Morgan fingerprint density at radius 3 is 2.77 bits per heavy atom. The largest absolute Gasteiger partial charge is 0.381 e. The summed E-state index contributed by atoms with van der Waals surface area (Å²) in [5.74, 6) is 0.604. The smallest absolute Gasteiger partial charge is 0.139 e. The minimum Gasteiger partial charge on any atom is -0.381 e. The SMILES string of the molecule is B[C@H]1CC[C@](C)(C(C)CC(C)=O)O1. The minimum absolute atomic E-state index is 0.0644. The maximum absolute atomic E-state index is 11.0. The number of ether oxygens (including phenoxy) is 1. The average molecular weight is 182 g/mol. The number of rotatable bonds is 3. The van der Waals surface area contributed by atoms with Gasteiger partial charge in [0.1, 0.15) is 13.6 Å². The van der Waals surface area contributed by atoms with Crippen molar-refractivity contribution < 1.29 is 9.53 Å². The van der Waals surface area contributed by atoms with Gasteiger partial charge in [-0.2, -0.15) is 0 Å². The van der Waals surface area contributed by atoms with E-state index in [1.54, 1.807) is 6.92 Å². The third-order valence-corrected chi connectivity index (χ3v) is 3.15. The fraction of sp³-hybridized carbons (Fsp3) is 0.900. The normalized spacial score (nSPS) is 36.1. The van der Waals surface area contributed by atoms with Crippen molar-refractivity contribution in [3.63, 3.8) is 0 Å². The maximum Gasteiger partial charge on any atom is 0.139 e. The summed E-state index contributed by atoms with van der Waals surface area (Å²) in [4.78, 5) is 11.0. The molecule has 74 valence electrons. The van der Waals surface area contributed by atoms with Gasteiger partial charge in [0, 0.05) is 12.4 Å². The molecule has 0 spiro atoms. The van der Waals surface area contributed by atoms with Crippen LogP contribution in [0.5, 0.6) is 0 Å². The Balaban J connectivity index is 2.54. The van der Waals surface area contributed by atoms with Gasteiger partial charge in [-0.05, 0) is 32.6 Å². The Kier molecular flexibility index (Phi) is 3.17. The Morgan fingerprint density at radius 1 is 1.77 bits per heavy atom. The molecule has 1 heterocycles. The fourth-order valence-corrected chi connectivity index (χ4v) is 2.08. The summed E-state index contributed by atoms with van der Waals surface area (Å²) in [5.41, 5.74) is -0.0644. The molecule has 1 rings (SSSR count). The second-order valence-electron chi connectivity index (χ2n) is 4.59. The van der Waals surface area contributed by atoms with Crippen molar-refractivity contribution in [3.05, 3.63) is 0 Å². The molecule has 0 amide bonds. The molecule has 0 aromatic heterocycles. The van der Waals surface area contributed by atoms with Crippen LogP contribution in [0.4, 0.5) is 0 Å². The van der Waals surface area contributed by atoms with Crippen LogP contribution in [-0.4, -0.2) is 25.2 Å². The van der Waals surface area contributed by atoms with Gasteiger partial charge in [-0.1, -0.05) is 6.92 Å². The molecule has 1 saturated heterocycles. The van der Waals surface area contributed by atoms with Crippen LogP contribution >= 0.6 is 0 Å². The quantitative estimate of drug-likeness (QED) is 0.611. The van der Waals surface area contributed by atoms with Gasteiger partial charge < -0.3 is 9.53 Å². The van der Waals surface area contributed by atoms with E-state index in [1.165, 1.54) is 0 Å². The van der Waals surface area contributed by atoms with E-state index in [4.69, 9.17) is 4.74 Å². The predicted octanol–water partition coefficient (Wildman–Crippen LogP) is 1.13. The molecular formula is C10H19BO2. The molecule has 0 aliphatic carbocycles. The van der Waals surface area contributed by atoms with Gasteiger partial charge in [0.2, 0.25) is 0 Å². The van der Waals surface area contributed by atoms with Crippen molar-refractivity contribution in [3.8, 4) is 0 Å². The zero-order valence-electron chi connectivity index (χ0n) is 9.09. The summed E-state index contributed by atoms with van der Waals surface area (Å²) in [6.07, 6.45) is 2.85. The highest BCUT2D eigenvalue weighted by atomic mass is 16.5. The Morgan fingerprint density at radius 2 is 2.38 bits per heavy atom. The Labute approximate surface area is 81.4 Å². The van der Waals surface area contributed by atoms with Crippen LogP contribution in [0.2, 0.25) is 0 Å². The first kappa shape index (κ1) is 10.8. The van der Waals surface area contributed by atoms with Crippen molar-refractivity contribution in [2.24, 2.45) is 5.92 Å². The highest BCUT2D eigenvalue weighted by molar-refractivity contribution is 6.11. The standard InChI is InChI=1S/C10H19BO2/c1-7(6-8(2)12)10(3)5-4-9(11)13-10/h7,9H,4-6,11H2,1-3H3/t7?,9-,10-/m1/s1. The first-order valence-electron chi connectivity index (χ1n) is 5.11. The van der Waals surface area contributed by atoms with Gasteiger partial charge in [0.05, 0.1) is 5.60 Å². The van der Waals surface area contributed by atoms with E-state index >= 15 is 0 Å². The van der Waals surface area contributed by atoms with Crippen LogP contribution in [0.25, 0.3) is 0 Å². The zero-order chi connectivity index (χ0) is 10.1.